The second-order valence-electron chi connectivity index (χ2n) is 6.77. The van der Waals surface area contributed by atoms with E-state index in [9.17, 15) is 9.90 Å². The van der Waals surface area contributed by atoms with E-state index in [0.717, 1.165) is 27.8 Å². The minimum absolute atomic E-state index is 0.342. The maximum Gasteiger partial charge on any atom is 0.321 e. The Bertz CT molecular complexity index is 949. The number of carboxylic acid groups (broad SMARTS) is 1. The number of benzene rings is 3. The molecule has 0 aromatic heterocycles. The number of hydrogen-bond donors (Lipinski definition) is 2. The molecule has 0 heterocycles. The summed E-state index contributed by atoms with van der Waals surface area (Å²) >= 11 is 0. The van der Waals surface area contributed by atoms with Gasteiger partial charge >= 0.3 is 5.97 Å². The second-order valence-corrected chi connectivity index (χ2v) is 6.77. The molecule has 3 nitrogen and oxygen atoms in total. The van der Waals surface area contributed by atoms with Gasteiger partial charge in [0.2, 0.25) is 0 Å². The predicted molar refractivity (Wildman–Crippen MR) is 108 cm³/mol. The van der Waals surface area contributed by atoms with Crippen LogP contribution in [0.3, 0.4) is 0 Å². The molecule has 27 heavy (non-hydrogen) atoms. The van der Waals surface area contributed by atoms with Crippen LogP contribution in [0.5, 0.6) is 0 Å². The number of carboxylic acids is 1. The Hall–Kier alpha value is -3.17. The molecule has 3 heteroatoms. The van der Waals surface area contributed by atoms with E-state index in [1.165, 1.54) is 0 Å². The van der Waals surface area contributed by atoms with Crippen molar-refractivity contribution in [2.75, 3.05) is 0 Å². The Morgan fingerprint density at radius 2 is 1.44 bits per heavy atom. The molecule has 3 aromatic carbocycles. The van der Waals surface area contributed by atoms with Crippen molar-refractivity contribution in [1.82, 2.24) is 5.32 Å². The molecule has 0 saturated carbocycles. The Balaban J connectivity index is 2.02. The van der Waals surface area contributed by atoms with Gasteiger partial charge in [-0.05, 0) is 34.2 Å². The van der Waals surface area contributed by atoms with Gasteiger partial charge in [-0.15, -0.1) is 6.58 Å². The van der Waals surface area contributed by atoms with Crippen LogP contribution in [-0.2, 0) is 10.3 Å². The van der Waals surface area contributed by atoms with E-state index in [2.05, 4.69) is 48.3 Å². The van der Waals surface area contributed by atoms with Crippen LogP contribution >= 0.6 is 0 Å². The first kappa shape index (κ1) is 17.3. The molecule has 1 atom stereocenters. The van der Waals surface area contributed by atoms with Gasteiger partial charge in [-0.1, -0.05) is 84.9 Å². The summed E-state index contributed by atoms with van der Waals surface area (Å²) in [7, 11) is 0. The number of rotatable bonds is 6. The van der Waals surface area contributed by atoms with Crippen LogP contribution in [-0.4, -0.2) is 17.1 Å². The lowest BCUT2D eigenvalue weighted by atomic mass is 9.79. The lowest BCUT2D eigenvalue weighted by molar-refractivity contribution is -0.139. The number of hydrogen-bond acceptors (Lipinski definition) is 2. The number of aliphatic carboxylic acids is 1. The molecular weight excluding hydrogens is 334 g/mol. The number of fused-ring (bicyclic) bond motifs is 3. The fourth-order valence-corrected chi connectivity index (χ4v) is 4.12. The molecule has 0 aliphatic heterocycles. The standard InChI is InChI=1S/C24H21NO2/c1-2-10-22(23(26)27)25-24(17-11-4-3-5-12-17)20-15-8-6-13-18(20)19-14-7-9-16-21(19)24/h2-9,11-16,22,25H,1,10H2,(H,26,27). The zero-order valence-electron chi connectivity index (χ0n) is 14.9. The van der Waals surface area contributed by atoms with E-state index in [1.54, 1.807) is 6.08 Å². The van der Waals surface area contributed by atoms with Gasteiger partial charge in [0.25, 0.3) is 0 Å². The summed E-state index contributed by atoms with van der Waals surface area (Å²) in [5.74, 6) is -0.882. The van der Waals surface area contributed by atoms with E-state index < -0.39 is 17.6 Å². The summed E-state index contributed by atoms with van der Waals surface area (Å²) in [5.41, 5.74) is 4.72. The summed E-state index contributed by atoms with van der Waals surface area (Å²) in [5, 5.41) is 13.3. The van der Waals surface area contributed by atoms with Gasteiger partial charge < -0.3 is 5.11 Å². The molecule has 2 N–H and O–H groups in total. The first-order valence-corrected chi connectivity index (χ1v) is 9.05. The van der Waals surface area contributed by atoms with E-state index in [1.807, 2.05) is 42.5 Å². The lowest BCUT2D eigenvalue weighted by Gasteiger charge is -2.36. The van der Waals surface area contributed by atoms with Crippen LogP contribution in [0, 0.1) is 0 Å². The molecule has 3 aromatic rings. The van der Waals surface area contributed by atoms with E-state index >= 15 is 0 Å². The smallest absolute Gasteiger partial charge is 0.321 e. The van der Waals surface area contributed by atoms with Gasteiger partial charge in [-0.25, -0.2) is 0 Å². The highest BCUT2D eigenvalue weighted by Gasteiger charge is 2.46. The monoisotopic (exact) mass is 355 g/mol. The third-order valence-electron chi connectivity index (χ3n) is 5.25. The van der Waals surface area contributed by atoms with E-state index in [4.69, 9.17) is 0 Å². The first-order chi connectivity index (χ1) is 13.2. The highest BCUT2D eigenvalue weighted by Crippen LogP contribution is 2.51. The molecular formula is C24H21NO2. The van der Waals surface area contributed by atoms with Crippen molar-refractivity contribution >= 4 is 5.97 Å². The predicted octanol–water partition coefficient (Wildman–Crippen LogP) is 4.58. The Morgan fingerprint density at radius 1 is 0.926 bits per heavy atom. The van der Waals surface area contributed by atoms with Crippen molar-refractivity contribution in [2.45, 2.75) is 18.0 Å². The van der Waals surface area contributed by atoms with Crippen molar-refractivity contribution < 1.29 is 9.90 Å². The van der Waals surface area contributed by atoms with Crippen molar-refractivity contribution in [3.05, 3.63) is 108 Å². The molecule has 0 radical (unpaired) electrons. The summed E-state index contributed by atoms with van der Waals surface area (Å²) < 4.78 is 0. The third kappa shape index (κ3) is 2.68. The van der Waals surface area contributed by atoms with Gasteiger partial charge in [0.15, 0.2) is 0 Å². The zero-order chi connectivity index (χ0) is 18.9. The summed E-state index contributed by atoms with van der Waals surface area (Å²) in [6.07, 6.45) is 1.99. The quantitative estimate of drug-likeness (QED) is 0.637. The van der Waals surface area contributed by atoms with E-state index in [0.29, 0.717) is 6.42 Å². The zero-order valence-corrected chi connectivity index (χ0v) is 14.9. The highest BCUT2D eigenvalue weighted by molar-refractivity contribution is 5.84. The Kier molecular flexibility index (Phi) is 4.38. The topological polar surface area (TPSA) is 49.3 Å². The fourth-order valence-electron chi connectivity index (χ4n) is 4.12. The SMILES string of the molecule is C=CCC(NC1(c2ccccc2)c2ccccc2-c2ccccc21)C(=O)O. The Labute approximate surface area is 159 Å². The van der Waals surface area contributed by atoms with Crippen LogP contribution in [0.1, 0.15) is 23.1 Å². The summed E-state index contributed by atoms with van der Waals surface area (Å²) in [6, 6.07) is 25.8. The van der Waals surface area contributed by atoms with Gasteiger partial charge in [-0.3, -0.25) is 10.1 Å². The molecule has 0 amide bonds. The molecule has 0 bridgehead atoms. The number of carbonyl (C=O) groups is 1. The molecule has 0 spiro atoms. The maximum atomic E-state index is 12.0. The Morgan fingerprint density at radius 3 is 1.96 bits per heavy atom. The van der Waals surface area contributed by atoms with E-state index in [-0.39, 0.29) is 0 Å². The summed E-state index contributed by atoms with van der Waals surface area (Å²) in [4.78, 5) is 12.0. The third-order valence-corrected chi connectivity index (χ3v) is 5.25. The largest absolute Gasteiger partial charge is 0.480 e. The lowest BCUT2D eigenvalue weighted by Crippen LogP contribution is -2.51. The van der Waals surface area contributed by atoms with Crippen LogP contribution in [0.15, 0.2) is 91.5 Å². The van der Waals surface area contributed by atoms with Crippen LogP contribution < -0.4 is 5.32 Å². The first-order valence-electron chi connectivity index (χ1n) is 9.05. The minimum Gasteiger partial charge on any atom is -0.480 e. The molecule has 134 valence electrons. The molecule has 1 aliphatic carbocycles. The van der Waals surface area contributed by atoms with Crippen molar-refractivity contribution in [3.8, 4) is 11.1 Å². The van der Waals surface area contributed by atoms with Crippen LogP contribution in [0.4, 0.5) is 0 Å². The number of nitrogens with one attached hydrogen (secondary N) is 1. The van der Waals surface area contributed by atoms with Crippen molar-refractivity contribution in [2.24, 2.45) is 0 Å². The highest BCUT2D eigenvalue weighted by atomic mass is 16.4. The minimum atomic E-state index is -0.882. The maximum absolute atomic E-state index is 12.0. The molecule has 0 fully saturated rings. The van der Waals surface area contributed by atoms with Gasteiger partial charge in [-0.2, -0.15) is 0 Å². The van der Waals surface area contributed by atoms with Gasteiger partial charge in [0.1, 0.15) is 6.04 Å². The second kappa shape index (κ2) is 6.86. The average Bonchev–Trinajstić information content (AvgIpc) is 3.00. The van der Waals surface area contributed by atoms with Crippen molar-refractivity contribution in [1.29, 1.82) is 0 Å². The van der Waals surface area contributed by atoms with Gasteiger partial charge in [0.05, 0.1) is 5.54 Å². The molecule has 0 saturated heterocycles. The van der Waals surface area contributed by atoms with Crippen LogP contribution in [0.25, 0.3) is 11.1 Å². The van der Waals surface area contributed by atoms with Crippen LogP contribution in [0.2, 0.25) is 0 Å². The normalized spacial score (nSPS) is 14.8. The van der Waals surface area contributed by atoms with Gasteiger partial charge in [0, 0.05) is 0 Å². The average molecular weight is 355 g/mol. The summed E-state index contributed by atoms with van der Waals surface area (Å²) in [6.45, 7) is 3.74. The molecule has 4 rings (SSSR count). The molecule has 1 unspecified atom stereocenters. The molecule has 1 aliphatic rings. The van der Waals surface area contributed by atoms with Crippen molar-refractivity contribution in [3.63, 3.8) is 0 Å². The fraction of sp³-hybridized carbons (Fsp3) is 0.125.